The van der Waals surface area contributed by atoms with E-state index >= 15 is 0 Å². The van der Waals surface area contributed by atoms with Gasteiger partial charge in [-0.15, -0.1) is 11.3 Å². The van der Waals surface area contributed by atoms with Crippen molar-refractivity contribution in [3.05, 3.63) is 70.4 Å². The van der Waals surface area contributed by atoms with Crippen LogP contribution in [-0.2, 0) is 0 Å². The number of benzene rings is 2. The van der Waals surface area contributed by atoms with E-state index in [-0.39, 0.29) is 11.6 Å². The Hall–Kier alpha value is -3.06. The zero-order valence-electron chi connectivity index (χ0n) is 15.2. The predicted octanol–water partition coefficient (Wildman–Crippen LogP) is 4.96. The van der Waals surface area contributed by atoms with E-state index in [1.807, 2.05) is 35.5 Å². The van der Waals surface area contributed by atoms with Gasteiger partial charge in [-0.1, -0.05) is 23.8 Å². The molecule has 1 saturated carbocycles. The summed E-state index contributed by atoms with van der Waals surface area (Å²) in [6, 6.07) is 12.1. The Morgan fingerprint density at radius 1 is 1.32 bits per heavy atom. The summed E-state index contributed by atoms with van der Waals surface area (Å²) in [7, 11) is 0. The number of aryl methyl sites for hydroxylation is 1. The summed E-state index contributed by atoms with van der Waals surface area (Å²) >= 11 is 1.50. The summed E-state index contributed by atoms with van der Waals surface area (Å²) in [5.74, 6) is -1.77. The number of carboxylic acids is 1. The number of thiazole rings is 1. The molecule has 0 atom stereocenters. The molecule has 0 amide bonds. The van der Waals surface area contributed by atoms with Gasteiger partial charge in [-0.3, -0.25) is 0 Å². The first-order valence-corrected chi connectivity index (χ1v) is 9.78. The molecule has 0 saturated heterocycles. The summed E-state index contributed by atoms with van der Waals surface area (Å²) in [5.41, 5.74) is 3.35. The van der Waals surface area contributed by atoms with Gasteiger partial charge >= 0.3 is 5.97 Å². The van der Waals surface area contributed by atoms with Crippen LogP contribution in [0, 0.1) is 12.7 Å². The van der Waals surface area contributed by atoms with E-state index in [2.05, 4.69) is 11.2 Å². The average molecular weight is 395 g/mol. The lowest BCUT2D eigenvalue weighted by molar-refractivity contribution is 0.0696. The second-order valence-electron chi connectivity index (χ2n) is 6.74. The fourth-order valence-corrected chi connectivity index (χ4v) is 3.74. The van der Waals surface area contributed by atoms with E-state index in [1.165, 1.54) is 35.2 Å². The van der Waals surface area contributed by atoms with Gasteiger partial charge in [0.2, 0.25) is 5.13 Å². The molecule has 142 valence electrons. The van der Waals surface area contributed by atoms with E-state index in [1.54, 1.807) is 0 Å². The molecule has 0 radical (unpaired) electrons. The number of halogens is 1. The molecule has 0 aliphatic heterocycles. The van der Waals surface area contributed by atoms with Crippen molar-refractivity contribution in [1.82, 2.24) is 4.98 Å². The van der Waals surface area contributed by atoms with Gasteiger partial charge in [-0.2, -0.15) is 5.10 Å². The summed E-state index contributed by atoms with van der Waals surface area (Å²) in [6.45, 7) is 2.04. The van der Waals surface area contributed by atoms with Crippen molar-refractivity contribution in [2.75, 3.05) is 5.01 Å². The lowest BCUT2D eigenvalue weighted by Crippen LogP contribution is -2.19. The lowest BCUT2D eigenvalue weighted by Gasteiger charge is -2.14. The predicted molar refractivity (Wildman–Crippen MR) is 109 cm³/mol. The van der Waals surface area contributed by atoms with Gasteiger partial charge in [0.1, 0.15) is 5.82 Å². The fourth-order valence-electron chi connectivity index (χ4n) is 2.88. The first kappa shape index (κ1) is 18.3. The Morgan fingerprint density at radius 3 is 2.86 bits per heavy atom. The molecule has 28 heavy (non-hydrogen) atoms. The number of aromatic nitrogens is 1. The summed E-state index contributed by atoms with van der Waals surface area (Å²) in [4.78, 5) is 16.1. The number of carbonyl (C=O) groups is 1. The maximum Gasteiger partial charge on any atom is 0.336 e. The third-order valence-electron chi connectivity index (χ3n) is 4.46. The van der Waals surface area contributed by atoms with Crippen molar-refractivity contribution in [2.45, 2.75) is 25.8 Å². The number of hydrazone groups is 1. The van der Waals surface area contributed by atoms with Crippen LogP contribution >= 0.6 is 11.3 Å². The molecule has 0 bridgehead atoms. The highest BCUT2D eigenvalue weighted by molar-refractivity contribution is 7.14. The number of rotatable bonds is 6. The van der Waals surface area contributed by atoms with Crippen molar-refractivity contribution < 1.29 is 14.3 Å². The molecule has 2 aromatic carbocycles. The van der Waals surface area contributed by atoms with Crippen LogP contribution in [0.4, 0.5) is 9.52 Å². The smallest absolute Gasteiger partial charge is 0.336 e. The third kappa shape index (κ3) is 3.94. The van der Waals surface area contributed by atoms with Crippen LogP contribution < -0.4 is 5.01 Å². The maximum absolute atomic E-state index is 13.4. The Balaban J connectivity index is 1.63. The van der Waals surface area contributed by atoms with Gasteiger partial charge in [0, 0.05) is 16.5 Å². The van der Waals surface area contributed by atoms with Crippen LogP contribution in [0.3, 0.4) is 0 Å². The molecule has 1 heterocycles. The number of aromatic carboxylic acids is 1. The zero-order chi connectivity index (χ0) is 19.7. The topological polar surface area (TPSA) is 65.8 Å². The molecule has 4 rings (SSSR count). The Kier molecular flexibility index (Phi) is 4.92. The molecule has 1 aromatic heterocycles. The van der Waals surface area contributed by atoms with Gasteiger partial charge < -0.3 is 5.11 Å². The van der Waals surface area contributed by atoms with Crippen LogP contribution in [0.1, 0.15) is 34.3 Å². The van der Waals surface area contributed by atoms with Gasteiger partial charge in [-0.05, 0) is 44.0 Å². The highest BCUT2D eigenvalue weighted by Crippen LogP contribution is 2.35. The SMILES string of the molecule is Cc1cccc(-c2csc(N(N=Cc3ccc(F)cc3C(=O)O)C3CC3)n2)c1. The molecule has 1 fully saturated rings. The standard InChI is InChI=1S/C21H18FN3O2S/c1-13-3-2-4-14(9-13)19-12-28-21(24-19)25(17-7-8-17)23-11-15-5-6-16(22)10-18(15)20(26)27/h2-6,9-12,17H,7-8H2,1H3,(H,26,27). The minimum absolute atomic E-state index is 0.112. The van der Waals surface area contributed by atoms with Crippen LogP contribution in [0.25, 0.3) is 11.3 Å². The Bertz CT molecular complexity index is 1060. The molecular formula is C21H18FN3O2S. The van der Waals surface area contributed by atoms with Gasteiger partial charge in [-0.25, -0.2) is 19.2 Å². The lowest BCUT2D eigenvalue weighted by atomic mass is 10.1. The van der Waals surface area contributed by atoms with Crippen LogP contribution in [-0.4, -0.2) is 28.3 Å². The molecule has 7 heteroatoms. The van der Waals surface area contributed by atoms with E-state index < -0.39 is 11.8 Å². The molecule has 5 nitrogen and oxygen atoms in total. The number of hydrogen-bond acceptors (Lipinski definition) is 5. The first-order valence-electron chi connectivity index (χ1n) is 8.90. The summed E-state index contributed by atoms with van der Waals surface area (Å²) in [5, 5.41) is 18.4. The van der Waals surface area contributed by atoms with E-state index in [0.29, 0.717) is 5.56 Å². The molecule has 0 spiro atoms. The minimum Gasteiger partial charge on any atom is -0.478 e. The van der Waals surface area contributed by atoms with Gasteiger partial charge in [0.15, 0.2) is 0 Å². The van der Waals surface area contributed by atoms with Crippen molar-refractivity contribution in [3.8, 4) is 11.3 Å². The molecule has 1 aliphatic carbocycles. The number of anilines is 1. The average Bonchev–Trinajstić information content (AvgIpc) is 3.39. The van der Waals surface area contributed by atoms with Crippen LogP contribution in [0.2, 0.25) is 0 Å². The number of nitrogens with zero attached hydrogens (tertiary/aromatic N) is 3. The second-order valence-corrected chi connectivity index (χ2v) is 7.58. The molecule has 1 aliphatic rings. The monoisotopic (exact) mass is 395 g/mol. The van der Waals surface area contributed by atoms with Gasteiger partial charge in [0.05, 0.1) is 23.5 Å². The summed E-state index contributed by atoms with van der Waals surface area (Å²) < 4.78 is 13.4. The Morgan fingerprint density at radius 2 is 2.14 bits per heavy atom. The van der Waals surface area contributed by atoms with Gasteiger partial charge in [0.25, 0.3) is 0 Å². The largest absolute Gasteiger partial charge is 0.478 e. The number of carboxylic acid groups (broad SMARTS) is 1. The van der Waals surface area contributed by atoms with E-state index in [0.717, 1.165) is 35.3 Å². The van der Waals surface area contributed by atoms with Crippen LogP contribution in [0.15, 0.2) is 52.9 Å². The molecule has 3 aromatic rings. The maximum atomic E-state index is 13.4. The number of hydrogen-bond donors (Lipinski definition) is 1. The highest BCUT2D eigenvalue weighted by Gasteiger charge is 2.31. The molecule has 1 N–H and O–H groups in total. The molecule has 0 unspecified atom stereocenters. The van der Waals surface area contributed by atoms with Crippen molar-refractivity contribution in [2.24, 2.45) is 5.10 Å². The first-order chi connectivity index (χ1) is 13.5. The van der Waals surface area contributed by atoms with Crippen LogP contribution in [0.5, 0.6) is 0 Å². The minimum atomic E-state index is -1.19. The van der Waals surface area contributed by atoms with E-state index in [4.69, 9.17) is 4.98 Å². The quantitative estimate of drug-likeness (QED) is 0.473. The third-order valence-corrected chi connectivity index (χ3v) is 5.29. The Labute approximate surface area is 165 Å². The second kappa shape index (κ2) is 7.52. The fraction of sp³-hybridized carbons (Fsp3) is 0.190. The molecular weight excluding hydrogens is 377 g/mol. The van der Waals surface area contributed by atoms with Crippen molar-refractivity contribution >= 4 is 28.7 Å². The van der Waals surface area contributed by atoms with Crippen molar-refractivity contribution in [1.29, 1.82) is 0 Å². The highest BCUT2D eigenvalue weighted by atomic mass is 32.1. The normalized spacial score (nSPS) is 13.8. The van der Waals surface area contributed by atoms with E-state index in [9.17, 15) is 14.3 Å². The summed E-state index contributed by atoms with van der Waals surface area (Å²) in [6.07, 6.45) is 3.48. The van der Waals surface area contributed by atoms with Crippen molar-refractivity contribution in [3.63, 3.8) is 0 Å². The zero-order valence-corrected chi connectivity index (χ0v) is 16.0.